The largest absolute Gasteiger partial charge is 0.445 e. The van der Waals surface area contributed by atoms with E-state index < -0.39 is 29.1 Å². The number of hydrogen-bond donors (Lipinski definition) is 2. The number of ketones is 1. The Bertz CT molecular complexity index is 888. The molecule has 0 aromatic carbocycles. The zero-order valence-electron chi connectivity index (χ0n) is 21.4. The molecule has 3 saturated carbocycles. The first-order valence-electron chi connectivity index (χ1n) is 13.3. The van der Waals surface area contributed by atoms with Gasteiger partial charge in [-0.2, -0.15) is 0 Å². The van der Waals surface area contributed by atoms with E-state index in [9.17, 15) is 19.5 Å². The van der Waals surface area contributed by atoms with Crippen LogP contribution >= 0.6 is 0 Å². The highest BCUT2D eigenvalue weighted by Gasteiger charge is 2.68. The number of alkyl carbamates (subject to hydrolysis) is 1. The first-order chi connectivity index (χ1) is 15.9. The highest BCUT2D eigenvalue weighted by Crippen LogP contribution is 2.67. The van der Waals surface area contributed by atoms with Crippen molar-refractivity contribution in [2.75, 3.05) is 19.6 Å². The van der Waals surface area contributed by atoms with E-state index in [0.717, 1.165) is 38.8 Å². The van der Waals surface area contributed by atoms with Gasteiger partial charge in [0.2, 0.25) is 5.91 Å². The summed E-state index contributed by atoms with van der Waals surface area (Å²) in [5.74, 6) is 0.102. The lowest BCUT2D eigenvalue weighted by Gasteiger charge is -2.61. The summed E-state index contributed by atoms with van der Waals surface area (Å²) in [6.45, 7) is 13.2. The molecule has 2 heterocycles. The molecule has 4 bridgehead atoms. The quantitative estimate of drug-likeness (QED) is 0.637. The van der Waals surface area contributed by atoms with Crippen molar-refractivity contribution in [3.8, 4) is 0 Å². The van der Waals surface area contributed by atoms with E-state index in [0.29, 0.717) is 25.3 Å². The first kappa shape index (κ1) is 24.2. The number of aliphatic hydroxyl groups excluding tert-OH is 1. The molecule has 190 valence electrons. The second-order valence-electron chi connectivity index (χ2n) is 13.2. The molecule has 2 aliphatic heterocycles. The van der Waals surface area contributed by atoms with E-state index >= 15 is 0 Å². The van der Waals surface area contributed by atoms with Crippen molar-refractivity contribution in [1.29, 1.82) is 0 Å². The van der Waals surface area contributed by atoms with Crippen molar-refractivity contribution < 1.29 is 24.2 Å². The Kier molecular flexibility index (Phi) is 5.72. The number of ether oxygens (including phenoxy) is 1. The Morgan fingerprint density at radius 1 is 1.12 bits per heavy atom. The number of nitrogens with zero attached hydrogens (tertiary/aromatic N) is 1. The van der Waals surface area contributed by atoms with Crippen molar-refractivity contribution in [2.45, 2.75) is 85.4 Å². The molecule has 0 aromatic heterocycles. The van der Waals surface area contributed by atoms with Gasteiger partial charge in [0.15, 0.2) is 0 Å². The van der Waals surface area contributed by atoms with Gasteiger partial charge in [0.25, 0.3) is 0 Å². The summed E-state index contributed by atoms with van der Waals surface area (Å²) in [6, 6.07) is 0. The van der Waals surface area contributed by atoms with E-state index in [4.69, 9.17) is 4.74 Å². The lowest BCUT2D eigenvalue weighted by atomic mass is 9.44. The standard InChI is InChI=1S/C27H42N2O5/c1-15-6-9-27-10-7-19(30)21(27)26(15,5)20(12-25(3,4)22(31)16(27)2)34-24(33)28-23(32)18-14-29-11-8-17(18)13-29/h15-18,20-22,31H,6-14H2,1-5H3,(H,28,32,33)/t15-,16+,17+,18+,20-,21?,22+,26+,27?/m1/s1. The Balaban J connectivity index is 1.43. The summed E-state index contributed by atoms with van der Waals surface area (Å²) in [7, 11) is 0. The molecule has 5 aliphatic rings. The maximum Gasteiger partial charge on any atom is 0.414 e. The molecule has 3 unspecified atom stereocenters. The molecular weight excluding hydrogens is 432 g/mol. The SMILES string of the molecule is C[C@@H]1CCC23CCC(=O)C2[C@]1(C)[C@H](OC(=O)NC(=O)[C@H]1CN2CC[C@H]1C2)CC(C)(C)[C@@H](O)[C@@H]3C. The normalized spacial score (nSPS) is 49.2. The van der Waals surface area contributed by atoms with Gasteiger partial charge in [0, 0.05) is 30.8 Å². The molecule has 0 radical (unpaired) electrons. The van der Waals surface area contributed by atoms with Crippen LogP contribution in [0.25, 0.3) is 0 Å². The van der Waals surface area contributed by atoms with Crippen molar-refractivity contribution in [2.24, 2.45) is 45.8 Å². The van der Waals surface area contributed by atoms with Crippen molar-refractivity contribution in [3.05, 3.63) is 0 Å². The lowest BCUT2D eigenvalue weighted by Crippen LogP contribution is -2.63. The fraction of sp³-hybridized carbons (Fsp3) is 0.889. The maximum atomic E-state index is 13.4. The fourth-order valence-corrected chi connectivity index (χ4v) is 8.91. The van der Waals surface area contributed by atoms with Crippen LogP contribution < -0.4 is 5.32 Å². The molecular formula is C27H42N2O5. The van der Waals surface area contributed by atoms with Gasteiger partial charge >= 0.3 is 6.09 Å². The second-order valence-corrected chi connectivity index (χ2v) is 13.2. The van der Waals surface area contributed by atoms with Crippen LogP contribution in [0.1, 0.15) is 73.1 Å². The summed E-state index contributed by atoms with van der Waals surface area (Å²) in [5, 5.41) is 14.0. The van der Waals surface area contributed by atoms with Crippen LogP contribution in [0.3, 0.4) is 0 Å². The number of imide groups is 1. The molecule has 7 heteroatoms. The molecule has 0 spiro atoms. The number of aliphatic hydroxyl groups is 1. The Hall–Kier alpha value is -1.47. The summed E-state index contributed by atoms with van der Waals surface area (Å²) in [5.41, 5.74) is -1.29. The first-order valence-corrected chi connectivity index (χ1v) is 13.3. The third-order valence-electron chi connectivity index (χ3n) is 11.2. The van der Waals surface area contributed by atoms with Crippen LogP contribution in [0.15, 0.2) is 0 Å². The van der Waals surface area contributed by atoms with Crippen LogP contribution in [0.4, 0.5) is 4.79 Å². The summed E-state index contributed by atoms with van der Waals surface area (Å²) in [6.07, 6.45) is 2.79. The van der Waals surface area contributed by atoms with Gasteiger partial charge in [-0.1, -0.05) is 34.6 Å². The molecule has 0 aromatic rings. The van der Waals surface area contributed by atoms with Crippen LogP contribution in [-0.2, 0) is 14.3 Å². The van der Waals surface area contributed by atoms with E-state index in [2.05, 4.69) is 31.0 Å². The molecule has 7 nitrogen and oxygen atoms in total. The van der Waals surface area contributed by atoms with Crippen LogP contribution in [0.2, 0.25) is 0 Å². The Morgan fingerprint density at radius 3 is 2.50 bits per heavy atom. The second kappa shape index (κ2) is 8.02. The Labute approximate surface area is 203 Å². The minimum Gasteiger partial charge on any atom is -0.445 e. The predicted molar refractivity (Wildman–Crippen MR) is 127 cm³/mol. The van der Waals surface area contributed by atoms with Gasteiger partial charge in [-0.25, -0.2) is 4.79 Å². The Morgan fingerprint density at radius 2 is 1.85 bits per heavy atom. The number of fused-ring (bicyclic) bond motifs is 2. The smallest absolute Gasteiger partial charge is 0.414 e. The fourth-order valence-electron chi connectivity index (χ4n) is 8.91. The molecule has 3 aliphatic carbocycles. The molecule has 10 atom stereocenters. The van der Waals surface area contributed by atoms with Crippen LogP contribution in [0, 0.1) is 45.8 Å². The maximum absolute atomic E-state index is 13.4. The van der Waals surface area contributed by atoms with E-state index in [1.54, 1.807) is 0 Å². The molecule has 5 fully saturated rings. The number of carbonyl (C=O) groups excluding carboxylic acids is 3. The van der Waals surface area contributed by atoms with Crippen molar-refractivity contribution in [3.63, 3.8) is 0 Å². The van der Waals surface area contributed by atoms with Gasteiger partial charge in [-0.05, 0) is 67.2 Å². The number of piperidine rings is 1. The molecule has 34 heavy (non-hydrogen) atoms. The zero-order valence-corrected chi connectivity index (χ0v) is 21.4. The van der Waals surface area contributed by atoms with Crippen LogP contribution in [-0.4, -0.2) is 59.6 Å². The number of nitrogens with one attached hydrogen (secondary N) is 1. The van der Waals surface area contributed by atoms with Gasteiger partial charge in [0.05, 0.1) is 12.0 Å². The minimum absolute atomic E-state index is 0.00471. The van der Waals surface area contributed by atoms with Crippen LogP contribution in [0.5, 0.6) is 0 Å². The summed E-state index contributed by atoms with van der Waals surface area (Å²) in [4.78, 5) is 41.7. The lowest BCUT2D eigenvalue weighted by molar-refractivity contribution is -0.195. The number of carbonyl (C=O) groups is 3. The van der Waals surface area contributed by atoms with Gasteiger partial charge in [-0.3, -0.25) is 14.9 Å². The summed E-state index contributed by atoms with van der Waals surface area (Å²) >= 11 is 0. The van der Waals surface area contributed by atoms with E-state index in [1.165, 1.54) is 0 Å². The molecule has 2 saturated heterocycles. The van der Waals surface area contributed by atoms with Crippen molar-refractivity contribution >= 4 is 17.8 Å². The van der Waals surface area contributed by atoms with Crippen molar-refractivity contribution in [1.82, 2.24) is 10.2 Å². The predicted octanol–water partition coefficient (Wildman–Crippen LogP) is 3.39. The highest BCUT2D eigenvalue weighted by molar-refractivity contribution is 5.93. The number of amides is 2. The highest BCUT2D eigenvalue weighted by atomic mass is 16.6. The topological polar surface area (TPSA) is 95.9 Å². The number of hydrogen-bond acceptors (Lipinski definition) is 6. The zero-order chi connectivity index (χ0) is 24.6. The third-order valence-corrected chi connectivity index (χ3v) is 11.2. The molecule has 2 amide bonds. The number of rotatable bonds is 2. The summed E-state index contributed by atoms with van der Waals surface area (Å²) < 4.78 is 6.12. The van der Waals surface area contributed by atoms with E-state index in [-0.39, 0.29) is 40.8 Å². The van der Waals surface area contributed by atoms with Gasteiger partial charge in [-0.15, -0.1) is 0 Å². The van der Waals surface area contributed by atoms with E-state index in [1.807, 2.05) is 13.8 Å². The average molecular weight is 475 g/mol. The minimum atomic E-state index is -0.707. The van der Waals surface area contributed by atoms with Gasteiger partial charge < -0.3 is 14.7 Å². The average Bonchev–Trinajstić information content (AvgIpc) is 3.49. The third kappa shape index (κ3) is 3.40. The molecule has 5 rings (SSSR count). The molecule has 2 N–H and O–H groups in total. The van der Waals surface area contributed by atoms with Gasteiger partial charge in [0.1, 0.15) is 11.9 Å². The number of Topliss-reactive ketones (excluding diaryl/α,β-unsaturated/α-hetero) is 1. The monoisotopic (exact) mass is 474 g/mol.